The molecule has 0 bridgehead atoms. The molecule has 22 heavy (non-hydrogen) atoms. The van der Waals surface area contributed by atoms with E-state index in [2.05, 4.69) is 11.8 Å². The highest BCUT2D eigenvalue weighted by atomic mass is 19.1. The second-order valence-corrected chi connectivity index (χ2v) is 5.17. The summed E-state index contributed by atoms with van der Waals surface area (Å²) in [4.78, 5) is 23.4. The molecule has 1 aromatic carbocycles. The molecular formula is C16H13FN2O3. The highest BCUT2D eigenvalue weighted by Gasteiger charge is 2.27. The predicted octanol–water partition coefficient (Wildman–Crippen LogP) is 1.48. The zero-order valence-electron chi connectivity index (χ0n) is 11.6. The van der Waals surface area contributed by atoms with Gasteiger partial charge in [0.05, 0.1) is 17.6 Å². The van der Waals surface area contributed by atoms with Crippen molar-refractivity contribution in [3.05, 3.63) is 45.5 Å². The molecule has 0 atom stereocenters. The molecule has 0 unspecified atom stereocenters. The summed E-state index contributed by atoms with van der Waals surface area (Å²) in [6.07, 6.45) is 3.14. The fourth-order valence-corrected chi connectivity index (χ4v) is 2.42. The smallest absolute Gasteiger partial charge is 0.341 e. The number of carbonyl (C=O) groups is 1. The third-order valence-corrected chi connectivity index (χ3v) is 3.62. The largest absolute Gasteiger partial charge is 0.477 e. The molecule has 3 N–H and O–H groups in total. The van der Waals surface area contributed by atoms with Crippen LogP contribution in [0.5, 0.6) is 0 Å². The molecule has 0 spiro atoms. The van der Waals surface area contributed by atoms with E-state index in [1.54, 1.807) is 4.57 Å². The fourth-order valence-electron chi connectivity index (χ4n) is 2.42. The lowest BCUT2D eigenvalue weighted by Gasteiger charge is -2.12. The number of nitrogens with zero attached hydrogens (tertiary/aromatic N) is 1. The van der Waals surface area contributed by atoms with E-state index < -0.39 is 17.2 Å². The van der Waals surface area contributed by atoms with Crippen molar-refractivity contribution in [1.82, 2.24) is 4.57 Å². The van der Waals surface area contributed by atoms with Crippen molar-refractivity contribution in [2.24, 2.45) is 5.73 Å². The van der Waals surface area contributed by atoms with E-state index >= 15 is 0 Å². The Bertz CT molecular complexity index is 901. The Labute approximate surface area is 125 Å². The highest BCUT2D eigenvalue weighted by molar-refractivity contribution is 5.93. The molecule has 5 nitrogen and oxygen atoms in total. The first-order valence-electron chi connectivity index (χ1n) is 6.83. The van der Waals surface area contributed by atoms with Gasteiger partial charge in [0.25, 0.3) is 0 Å². The monoisotopic (exact) mass is 300 g/mol. The highest BCUT2D eigenvalue weighted by Crippen LogP contribution is 2.37. The van der Waals surface area contributed by atoms with E-state index in [0.29, 0.717) is 5.52 Å². The van der Waals surface area contributed by atoms with Crippen molar-refractivity contribution in [2.75, 3.05) is 6.54 Å². The van der Waals surface area contributed by atoms with Crippen LogP contribution in [0.1, 0.15) is 34.8 Å². The molecule has 0 amide bonds. The SMILES string of the molecule is NCC#Cc1cc2c(cc1F)c(=O)c(C(=O)O)cn2C1CC1. The molecule has 1 saturated carbocycles. The average molecular weight is 300 g/mol. The number of carboxylic acids is 1. The molecule has 2 aromatic rings. The number of pyridine rings is 1. The van der Waals surface area contributed by atoms with E-state index in [1.807, 2.05) is 0 Å². The number of hydrogen-bond donors (Lipinski definition) is 2. The van der Waals surface area contributed by atoms with Crippen LogP contribution in [-0.2, 0) is 0 Å². The Balaban J connectivity index is 2.36. The van der Waals surface area contributed by atoms with Crippen LogP contribution in [0.4, 0.5) is 4.39 Å². The quantitative estimate of drug-likeness (QED) is 0.823. The zero-order valence-corrected chi connectivity index (χ0v) is 11.6. The molecule has 0 radical (unpaired) electrons. The van der Waals surface area contributed by atoms with E-state index in [4.69, 9.17) is 10.8 Å². The number of benzene rings is 1. The van der Waals surface area contributed by atoms with Gasteiger partial charge < -0.3 is 15.4 Å². The van der Waals surface area contributed by atoms with Crippen molar-refractivity contribution in [2.45, 2.75) is 18.9 Å². The number of aromatic carboxylic acids is 1. The van der Waals surface area contributed by atoms with Gasteiger partial charge in [-0.05, 0) is 25.0 Å². The van der Waals surface area contributed by atoms with E-state index in [0.717, 1.165) is 18.9 Å². The van der Waals surface area contributed by atoms with Crippen molar-refractivity contribution in [1.29, 1.82) is 0 Å². The van der Waals surface area contributed by atoms with Crippen LogP contribution in [-0.4, -0.2) is 22.2 Å². The van der Waals surface area contributed by atoms with Gasteiger partial charge >= 0.3 is 5.97 Å². The van der Waals surface area contributed by atoms with Crippen LogP contribution >= 0.6 is 0 Å². The number of hydrogen-bond acceptors (Lipinski definition) is 3. The molecule has 112 valence electrons. The van der Waals surface area contributed by atoms with Crippen LogP contribution in [0.15, 0.2) is 23.1 Å². The molecule has 1 fully saturated rings. The maximum atomic E-state index is 14.1. The third-order valence-electron chi connectivity index (χ3n) is 3.62. The van der Waals surface area contributed by atoms with Crippen molar-refractivity contribution in [3.8, 4) is 11.8 Å². The first-order chi connectivity index (χ1) is 10.5. The van der Waals surface area contributed by atoms with Crippen LogP contribution < -0.4 is 11.2 Å². The Morgan fingerprint density at radius 2 is 2.18 bits per heavy atom. The molecule has 1 aliphatic rings. The number of rotatable bonds is 2. The second-order valence-electron chi connectivity index (χ2n) is 5.17. The standard InChI is InChI=1S/C16H13FN2O3/c17-13-7-11-14(6-9(13)2-1-5-18)19(10-3-4-10)8-12(15(11)20)16(21)22/h6-8,10H,3-5,18H2,(H,21,22). The van der Waals surface area contributed by atoms with Gasteiger partial charge in [0, 0.05) is 17.6 Å². The summed E-state index contributed by atoms with van der Waals surface area (Å²) in [5.41, 5.74) is 4.90. The van der Waals surface area contributed by atoms with E-state index in [9.17, 15) is 14.0 Å². The number of halogens is 1. The minimum atomic E-state index is -1.31. The number of nitrogens with two attached hydrogens (primary N) is 1. The lowest BCUT2D eigenvalue weighted by molar-refractivity contribution is 0.0695. The summed E-state index contributed by atoms with van der Waals surface area (Å²) >= 11 is 0. The molecule has 1 aliphatic carbocycles. The number of aromatic nitrogens is 1. The summed E-state index contributed by atoms with van der Waals surface area (Å²) in [7, 11) is 0. The van der Waals surface area contributed by atoms with Crippen molar-refractivity contribution >= 4 is 16.9 Å². The molecule has 6 heteroatoms. The van der Waals surface area contributed by atoms with Gasteiger partial charge in [-0.2, -0.15) is 0 Å². The lowest BCUT2D eigenvalue weighted by atomic mass is 10.1. The van der Waals surface area contributed by atoms with Crippen LogP contribution in [0.2, 0.25) is 0 Å². The normalized spacial score (nSPS) is 13.7. The molecule has 1 aromatic heterocycles. The Hall–Kier alpha value is -2.65. The van der Waals surface area contributed by atoms with Crippen LogP contribution in [0, 0.1) is 17.7 Å². The van der Waals surface area contributed by atoms with Gasteiger partial charge in [0.15, 0.2) is 0 Å². The topological polar surface area (TPSA) is 85.3 Å². The second kappa shape index (κ2) is 5.28. The Kier molecular flexibility index (Phi) is 3.43. The number of carboxylic acid groups (broad SMARTS) is 1. The van der Waals surface area contributed by atoms with E-state index in [-0.39, 0.29) is 29.1 Å². The Morgan fingerprint density at radius 3 is 2.77 bits per heavy atom. The summed E-state index contributed by atoms with van der Waals surface area (Å²) in [6, 6.07) is 2.68. The summed E-state index contributed by atoms with van der Waals surface area (Å²) in [5.74, 6) is 3.23. The van der Waals surface area contributed by atoms with E-state index in [1.165, 1.54) is 12.3 Å². The minimum absolute atomic E-state index is 0.0580. The summed E-state index contributed by atoms with van der Waals surface area (Å²) < 4.78 is 15.8. The third kappa shape index (κ3) is 2.36. The lowest BCUT2D eigenvalue weighted by Crippen LogP contribution is -2.19. The first-order valence-corrected chi connectivity index (χ1v) is 6.83. The van der Waals surface area contributed by atoms with Gasteiger partial charge in [-0.1, -0.05) is 11.8 Å². The van der Waals surface area contributed by atoms with Gasteiger partial charge in [-0.3, -0.25) is 4.79 Å². The van der Waals surface area contributed by atoms with Gasteiger partial charge in [0.2, 0.25) is 5.43 Å². The first kappa shape index (κ1) is 14.3. The zero-order chi connectivity index (χ0) is 15.9. The molecule has 0 aliphatic heterocycles. The minimum Gasteiger partial charge on any atom is -0.477 e. The Morgan fingerprint density at radius 1 is 1.45 bits per heavy atom. The molecular weight excluding hydrogens is 287 g/mol. The average Bonchev–Trinajstić information content (AvgIpc) is 3.30. The van der Waals surface area contributed by atoms with Crippen LogP contribution in [0.25, 0.3) is 10.9 Å². The number of fused-ring (bicyclic) bond motifs is 1. The summed E-state index contributed by atoms with van der Waals surface area (Å²) in [6.45, 7) is 0.102. The van der Waals surface area contributed by atoms with Crippen molar-refractivity contribution < 1.29 is 14.3 Å². The summed E-state index contributed by atoms with van der Waals surface area (Å²) in [5, 5.41) is 9.21. The van der Waals surface area contributed by atoms with Gasteiger partial charge in [-0.25, -0.2) is 9.18 Å². The van der Waals surface area contributed by atoms with Gasteiger partial charge in [-0.15, -0.1) is 0 Å². The predicted molar refractivity (Wildman–Crippen MR) is 79.3 cm³/mol. The van der Waals surface area contributed by atoms with Gasteiger partial charge in [0.1, 0.15) is 11.4 Å². The maximum Gasteiger partial charge on any atom is 0.341 e. The van der Waals surface area contributed by atoms with Crippen LogP contribution in [0.3, 0.4) is 0 Å². The van der Waals surface area contributed by atoms with Crippen molar-refractivity contribution in [3.63, 3.8) is 0 Å². The fraction of sp³-hybridized carbons (Fsp3) is 0.250. The molecule has 0 saturated heterocycles. The molecule has 3 rings (SSSR count). The molecule has 1 heterocycles. The maximum absolute atomic E-state index is 14.1.